The second kappa shape index (κ2) is 5.54. The van der Waals surface area contributed by atoms with E-state index in [-0.39, 0.29) is 6.61 Å². The molecule has 0 radical (unpaired) electrons. The molecule has 0 amide bonds. The molecule has 0 saturated heterocycles. The van der Waals surface area contributed by atoms with Crippen molar-refractivity contribution in [3.63, 3.8) is 0 Å². The highest BCUT2D eigenvalue weighted by Crippen LogP contribution is 1.96. The Morgan fingerprint density at radius 3 is 2.17 bits per heavy atom. The maximum absolute atomic E-state index is 10.9. The fraction of sp³-hybridized carbons (Fsp3) is 0.714. The van der Waals surface area contributed by atoms with Gasteiger partial charge in [-0.2, -0.15) is 0 Å². The van der Waals surface area contributed by atoms with Gasteiger partial charge in [-0.3, -0.25) is 0 Å². The van der Waals surface area contributed by atoms with E-state index in [1.54, 1.807) is 6.92 Å². The Bertz CT molecular complexity index is 165. The van der Waals surface area contributed by atoms with E-state index in [2.05, 4.69) is 14.2 Å². The van der Waals surface area contributed by atoms with Crippen LogP contribution in [0.25, 0.3) is 0 Å². The van der Waals surface area contributed by atoms with Crippen molar-refractivity contribution < 1.29 is 23.8 Å². The van der Waals surface area contributed by atoms with Gasteiger partial charge >= 0.3 is 11.9 Å². The Balaban J connectivity index is 4.14. The third-order valence-electron chi connectivity index (χ3n) is 1.15. The van der Waals surface area contributed by atoms with Gasteiger partial charge in [0.25, 0.3) is 6.10 Å². The van der Waals surface area contributed by atoms with Crippen LogP contribution in [0.2, 0.25) is 0 Å². The number of ether oxygens (including phenoxy) is 3. The first-order valence-electron chi connectivity index (χ1n) is 3.44. The molecule has 0 rings (SSSR count). The highest BCUT2D eigenvalue weighted by atomic mass is 16.6. The first kappa shape index (κ1) is 10.9. The Hall–Kier alpha value is -1.10. The van der Waals surface area contributed by atoms with Crippen molar-refractivity contribution in [2.45, 2.75) is 13.0 Å². The number of rotatable bonds is 4. The largest absolute Gasteiger partial charge is 0.467 e. The van der Waals surface area contributed by atoms with Crippen molar-refractivity contribution in [2.24, 2.45) is 0 Å². The maximum atomic E-state index is 10.9. The lowest BCUT2D eigenvalue weighted by atomic mass is 10.4. The zero-order valence-electron chi connectivity index (χ0n) is 7.33. The fourth-order valence-electron chi connectivity index (χ4n) is 0.614. The number of esters is 2. The van der Waals surface area contributed by atoms with E-state index in [9.17, 15) is 9.59 Å². The molecule has 0 N–H and O–H groups in total. The summed E-state index contributed by atoms with van der Waals surface area (Å²) in [5.74, 6) is -1.48. The Morgan fingerprint density at radius 2 is 1.83 bits per heavy atom. The fourth-order valence-corrected chi connectivity index (χ4v) is 0.614. The zero-order valence-corrected chi connectivity index (χ0v) is 7.33. The van der Waals surface area contributed by atoms with Gasteiger partial charge in [-0.15, -0.1) is 0 Å². The molecule has 5 nitrogen and oxygen atoms in total. The van der Waals surface area contributed by atoms with Crippen LogP contribution in [-0.2, 0) is 23.8 Å². The Labute approximate surface area is 70.6 Å². The van der Waals surface area contributed by atoms with E-state index in [1.165, 1.54) is 14.2 Å². The van der Waals surface area contributed by atoms with Crippen LogP contribution >= 0.6 is 0 Å². The first-order valence-corrected chi connectivity index (χ1v) is 3.44. The molecule has 0 bridgehead atoms. The number of methoxy groups -OCH3 is 2. The molecule has 0 unspecified atom stereocenters. The predicted octanol–water partition coefficient (Wildman–Crippen LogP) is -0.263. The van der Waals surface area contributed by atoms with Crippen molar-refractivity contribution in [3.8, 4) is 0 Å². The molecule has 12 heavy (non-hydrogen) atoms. The smallest absolute Gasteiger partial charge is 0.347 e. The van der Waals surface area contributed by atoms with Crippen molar-refractivity contribution in [1.29, 1.82) is 0 Å². The van der Waals surface area contributed by atoms with Crippen molar-refractivity contribution in [1.82, 2.24) is 0 Å². The summed E-state index contributed by atoms with van der Waals surface area (Å²) in [7, 11) is 2.41. The first-order chi connectivity index (χ1) is 5.67. The van der Waals surface area contributed by atoms with Gasteiger partial charge in [0.1, 0.15) is 0 Å². The van der Waals surface area contributed by atoms with Gasteiger partial charge in [0.2, 0.25) is 0 Å². The Morgan fingerprint density at radius 1 is 1.25 bits per heavy atom. The molecule has 0 aliphatic carbocycles. The molecule has 0 spiro atoms. The topological polar surface area (TPSA) is 61.8 Å². The van der Waals surface area contributed by atoms with Crippen LogP contribution < -0.4 is 0 Å². The molecule has 0 aromatic heterocycles. The lowest BCUT2D eigenvalue weighted by Crippen LogP contribution is -2.34. The summed E-state index contributed by atoms with van der Waals surface area (Å²) in [6, 6.07) is 0. The molecule has 70 valence electrons. The number of hydrogen-bond acceptors (Lipinski definition) is 5. The van der Waals surface area contributed by atoms with E-state index in [1.807, 2.05) is 0 Å². The van der Waals surface area contributed by atoms with Crippen molar-refractivity contribution >= 4 is 11.9 Å². The van der Waals surface area contributed by atoms with Gasteiger partial charge in [0.15, 0.2) is 0 Å². The molecule has 0 aromatic rings. The molecule has 1 atom stereocenters. The summed E-state index contributed by atoms with van der Waals surface area (Å²) in [5, 5.41) is 0. The number of carbonyl (C=O) groups excluding carboxylic acids is 2. The summed E-state index contributed by atoms with van der Waals surface area (Å²) in [5.41, 5.74) is 0. The molecular formula is C7H12O5. The average molecular weight is 176 g/mol. The number of carbonyl (C=O) groups is 2. The summed E-state index contributed by atoms with van der Waals surface area (Å²) < 4.78 is 13.4. The second-order valence-corrected chi connectivity index (χ2v) is 1.89. The van der Waals surface area contributed by atoms with Gasteiger partial charge in [-0.1, -0.05) is 0 Å². The molecule has 5 heteroatoms. The van der Waals surface area contributed by atoms with Crippen LogP contribution in [0.5, 0.6) is 0 Å². The SMILES string of the molecule is CCOC(=O)[C@@H](OC)C(=O)OC. The molecule has 0 aliphatic rings. The van der Waals surface area contributed by atoms with Gasteiger partial charge in [0.05, 0.1) is 13.7 Å². The van der Waals surface area contributed by atoms with Crippen LogP contribution in [0.4, 0.5) is 0 Å². The van der Waals surface area contributed by atoms with Crippen LogP contribution in [0.3, 0.4) is 0 Å². The van der Waals surface area contributed by atoms with Crippen LogP contribution in [0, 0.1) is 0 Å². The molecule has 0 heterocycles. The minimum absolute atomic E-state index is 0.204. The maximum Gasteiger partial charge on any atom is 0.347 e. The molecule has 0 saturated carbocycles. The molecule has 0 aliphatic heterocycles. The third-order valence-corrected chi connectivity index (χ3v) is 1.15. The monoisotopic (exact) mass is 176 g/mol. The summed E-state index contributed by atoms with van der Waals surface area (Å²) in [4.78, 5) is 21.7. The van der Waals surface area contributed by atoms with Crippen LogP contribution in [0.1, 0.15) is 6.92 Å². The van der Waals surface area contributed by atoms with E-state index < -0.39 is 18.0 Å². The van der Waals surface area contributed by atoms with Crippen LogP contribution in [-0.4, -0.2) is 38.9 Å². The molecular weight excluding hydrogens is 164 g/mol. The van der Waals surface area contributed by atoms with Gasteiger partial charge in [0, 0.05) is 7.11 Å². The summed E-state index contributed by atoms with van der Waals surface area (Å²) >= 11 is 0. The lowest BCUT2D eigenvalue weighted by molar-refractivity contribution is -0.169. The van der Waals surface area contributed by atoms with Crippen molar-refractivity contribution in [2.75, 3.05) is 20.8 Å². The number of hydrogen-bond donors (Lipinski definition) is 0. The standard InChI is InChI=1S/C7H12O5/c1-4-12-7(9)5(10-2)6(8)11-3/h5H,4H2,1-3H3/t5-/m0/s1. The average Bonchev–Trinajstić information content (AvgIpc) is 2.06. The summed E-state index contributed by atoms with van der Waals surface area (Å²) in [6.07, 6.45) is -1.27. The van der Waals surface area contributed by atoms with Gasteiger partial charge in [-0.25, -0.2) is 9.59 Å². The molecule has 0 fully saturated rings. The van der Waals surface area contributed by atoms with E-state index in [4.69, 9.17) is 0 Å². The lowest BCUT2D eigenvalue weighted by Gasteiger charge is -2.10. The predicted molar refractivity (Wildman–Crippen MR) is 39.4 cm³/mol. The minimum atomic E-state index is -1.27. The highest BCUT2D eigenvalue weighted by Gasteiger charge is 2.28. The highest BCUT2D eigenvalue weighted by molar-refractivity contribution is 5.97. The summed E-state index contributed by atoms with van der Waals surface area (Å²) in [6.45, 7) is 1.84. The van der Waals surface area contributed by atoms with Crippen molar-refractivity contribution in [3.05, 3.63) is 0 Å². The molecule has 0 aromatic carbocycles. The Kier molecular flexibility index (Phi) is 5.03. The minimum Gasteiger partial charge on any atom is -0.467 e. The van der Waals surface area contributed by atoms with Gasteiger partial charge in [-0.05, 0) is 6.92 Å². The second-order valence-electron chi connectivity index (χ2n) is 1.89. The quantitative estimate of drug-likeness (QED) is 0.436. The van der Waals surface area contributed by atoms with E-state index >= 15 is 0 Å². The van der Waals surface area contributed by atoms with E-state index in [0.29, 0.717) is 0 Å². The zero-order chi connectivity index (χ0) is 9.56. The normalized spacial score (nSPS) is 11.9. The van der Waals surface area contributed by atoms with Crippen LogP contribution in [0.15, 0.2) is 0 Å². The van der Waals surface area contributed by atoms with Gasteiger partial charge < -0.3 is 14.2 Å². The van der Waals surface area contributed by atoms with E-state index in [0.717, 1.165) is 0 Å². The third kappa shape index (κ3) is 2.87.